The first-order chi connectivity index (χ1) is 15.7. The van der Waals surface area contributed by atoms with E-state index in [2.05, 4.69) is 15.2 Å². The summed E-state index contributed by atoms with van der Waals surface area (Å²) in [6.07, 6.45) is 0. The second kappa shape index (κ2) is 10.2. The number of sulfonamides is 1. The summed E-state index contributed by atoms with van der Waals surface area (Å²) in [5.41, 5.74) is 2.97. The van der Waals surface area contributed by atoms with Crippen molar-refractivity contribution in [1.82, 2.24) is 4.83 Å². The Kier molecular flexibility index (Phi) is 7.34. The molecule has 3 aromatic rings. The number of carbonyl (C=O) groups is 1. The summed E-state index contributed by atoms with van der Waals surface area (Å²) in [7, 11) is -0.767. The molecule has 0 aliphatic heterocycles. The smallest absolute Gasteiger partial charge is 0.276 e. The van der Waals surface area contributed by atoms with Gasteiger partial charge in [0.1, 0.15) is 0 Å². The Labute approximate surface area is 193 Å². The molecule has 0 fully saturated rings. The number of hydrazone groups is 1. The van der Waals surface area contributed by atoms with Gasteiger partial charge in [-0.1, -0.05) is 29.8 Å². The SMILES string of the molecule is COc1ccc(C(=O)Nc2cccc(C(C)=NNS(=O)(=O)c3ccc(C)cc3)c2)cc1OC. The third kappa shape index (κ3) is 5.89. The van der Waals surface area contributed by atoms with E-state index in [1.165, 1.54) is 26.4 Å². The van der Waals surface area contributed by atoms with E-state index in [1.807, 2.05) is 6.92 Å². The third-order valence-electron chi connectivity index (χ3n) is 4.85. The lowest BCUT2D eigenvalue weighted by Gasteiger charge is -2.11. The first-order valence-corrected chi connectivity index (χ1v) is 11.5. The monoisotopic (exact) mass is 467 g/mol. The van der Waals surface area contributed by atoms with Crippen LogP contribution in [-0.2, 0) is 10.0 Å². The molecule has 0 aliphatic rings. The first-order valence-electron chi connectivity index (χ1n) is 10.00. The van der Waals surface area contributed by atoms with Crippen molar-refractivity contribution in [3.63, 3.8) is 0 Å². The maximum atomic E-state index is 12.7. The van der Waals surface area contributed by atoms with E-state index in [0.29, 0.717) is 34.0 Å². The molecule has 9 heteroatoms. The van der Waals surface area contributed by atoms with Crippen molar-refractivity contribution in [2.45, 2.75) is 18.7 Å². The minimum Gasteiger partial charge on any atom is -0.493 e. The standard InChI is InChI=1S/C24H25N3O5S/c1-16-8-11-21(12-9-16)33(29,30)27-26-17(2)18-6-5-7-20(14-18)25-24(28)19-10-13-22(31-3)23(15-19)32-4/h5-15,27H,1-4H3,(H,25,28). The fraction of sp³-hybridized carbons (Fsp3) is 0.167. The molecule has 3 aromatic carbocycles. The minimum absolute atomic E-state index is 0.126. The van der Waals surface area contributed by atoms with Crippen molar-refractivity contribution in [2.24, 2.45) is 5.10 Å². The summed E-state index contributed by atoms with van der Waals surface area (Å²) >= 11 is 0. The summed E-state index contributed by atoms with van der Waals surface area (Å²) in [5, 5.41) is 6.84. The number of methoxy groups -OCH3 is 2. The molecule has 0 saturated carbocycles. The summed E-state index contributed by atoms with van der Waals surface area (Å²) in [6.45, 7) is 3.55. The number of hydrogen-bond acceptors (Lipinski definition) is 6. The number of aryl methyl sites for hydroxylation is 1. The molecule has 0 aromatic heterocycles. The molecule has 0 bridgehead atoms. The Hall–Kier alpha value is -3.85. The highest BCUT2D eigenvalue weighted by molar-refractivity contribution is 7.89. The van der Waals surface area contributed by atoms with Crippen molar-refractivity contribution >= 4 is 27.3 Å². The van der Waals surface area contributed by atoms with Gasteiger partial charge < -0.3 is 14.8 Å². The normalized spacial score (nSPS) is 11.6. The molecular weight excluding hydrogens is 442 g/mol. The number of amides is 1. The van der Waals surface area contributed by atoms with Gasteiger partial charge in [0, 0.05) is 11.3 Å². The number of rotatable bonds is 8. The van der Waals surface area contributed by atoms with Gasteiger partial charge in [-0.15, -0.1) is 0 Å². The lowest BCUT2D eigenvalue weighted by Crippen LogP contribution is -2.20. The molecule has 1 amide bonds. The van der Waals surface area contributed by atoms with Crippen LogP contribution in [-0.4, -0.2) is 34.3 Å². The zero-order valence-electron chi connectivity index (χ0n) is 18.7. The highest BCUT2D eigenvalue weighted by Gasteiger charge is 2.14. The second-order valence-corrected chi connectivity index (χ2v) is 8.87. The van der Waals surface area contributed by atoms with Gasteiger partial charge in [-0.3, -0.25) is 4.79 Å². The number of nitrogens with one attached hydrogen (secondary N) is 2. The zero-order valence-corrected chi connectivity index (χ0v) is 19.6. The molecule has 0 heterocycles. The quantitative estimate of drug-likeness (QED) is 0.385. The zero-order chi connectivity index (χ0) is 24.0. The van der Waals surface area contributed by atoms with Gasteiger partial charge in [0.15, 0.2) is 11.5 Å². The second-order valence-electron chi connectivity index (χ2n) is 7.21. The molecule has 172 valence electrons. The van der Waals surface area contributed by atoms with E-state index < -0.39 is 10.0 Å². The number of hydrogen-bond donors (Lipinski definition) is 2. The van der Waals surface area contributed by atoms with E-state index >= 15 is 0 Å². The van der Waals surface area contributed by atoms with E-state index in [1.54, 1.807) is 61.5 Å². The topological polar surface area (TPSA) is 106 Å². The molecule has 3 rings (SSSR count). The summed E-state index contributed by atoms with van der Waals surface area (Å²) in [6, 6.07) is 18.3. The van der Waals surface area contributed by atoms with E-state index in [9.17, 15) is 13.2 Å². The van der Waals surface area contributed by atoms with Crippen molar-refractivity contribution in [2.75, 3.05) is 19.5 Å². The third-order valence-corrected chi connectivity index (χ3v) is 6.07. The number of anilines is 1. The fourth-order valence-corrected chi connectivity index (χ4v) is 3.82. The number of benzene rings is 3. The maximum Gasteiger partial charge on any atom is 0.276 e. The van der Waals surface area contributed by atoms with Gasteiger partial charge in [-0.25, -0.2) is 0 Å². The van der Waals surface area contributed by atoms with E-state index in [4.69, 9.17) is 9.47 Å². The lowest BCUT2D eigenvalue weighted by molar-refractivity contribution is 0.102. The molecule has 0 unspecified atom stereocenters. The predicted molar refractivity (Wildman–Crippen MR) is 128 cm³/mol. The Morgan fingerprint density at radius 2 is 1.58 bits per heavy atom. The van der Waals surface area contributed by atoms with Crippen LogP contribution >= 0.6 is 0 Å². The van der Waals surface area contributed by atoms with Gasteiger partial charge in [-0.05, 0) is 61.9 Å². The van der Waals surface area contributed by atoms with Gasteiger partial charge in [0.05, 0.1) is 24.8 Å². The lowest BCUT2D eigenvalue weighted by atomic mass is 10.1. The van der Waals surface area contributed by atoms with Gasteiger partial charge >= 0.3 is 0 Å². The minimum atomic E-state index is -3.79. The van der Waals surface area contributed by atoms with E-state index in [-0.39, 0.29) is 10.8 Å². The molecule has 0 aliphatic carbocycles. The highest BCUT2D eigenvalue weighted by Crippen LogP contribution is 2.28. The van der Waals surface area contributed by atoms with Gasteiger partial charge in [0.2, 0.25) is 0 Å². The van der Waals surface area contributed by atoms with Crippen LogP contribution in [0.5, 0.6) is 11.5 Å². The Morgan fingerprint density at radius 1 is 0.879 bits per heavy atom. The molecule has 0 radical (unpaired) electrons. The largest absolute Gasteiger partial charge is 0.493 e. The summed E-state index contributed by atoms with van der Waals surface area (Å²) < 4.78 is 35.3. The van der Waals surface area contributed by atoms with Crippen LogP contribution < -0.4 is 19.6 Å². The van der Waals surface area contributed by atoms with Gasteiger partial charge in [0.25, 0.3) is 15.9 Å². The van der Waals surface area contributed by atoms with Crippen molar-refractivity contribution in [3.05, 3.63) is 83.4 Å². The molecule has 2 N–H and O–H groups in total. The Bertz CT molecular complexity index is 1290. The van der Waals surface area contributed by atoms with Crippen LogP contribution in [0.3, 0.4) is 0 Å². The van der Waals surface area contributed by atoms with Crippen LogP contribution in [0.25, 0.3) is 0 Å². The van der Waals surface area contributed by atoms with Crippen LogP contribution in [0, 0.1) is 6.92 Å². The molecule has 0 atom stereocenters. The highest BCUT2D eigenvalue weighted by atomic mass is 32.2. The maximum absolute atomic E-state index is 12.7. The van der Waals surface area contributed by atoms with Crippen molar-refractivity contribution in [3.8, 4) is 11.5 Å². The first kappa shape index (κ1) is 23.8. The summed E-state index contributed by atoms with van der Waals surface area (Å²) in [4.78, 5) is 15.0. The van der Waals surface area contributed by atoms with Crippen LogP contribution in [0.1, 0.15) is 28.4 Å². The number of nitrogens with zero attached hydrogens (tertiary/aromatic N) is 1. The average Bonchev–Trinajstić information content (AvgIpc) is 2.82. The van der Waals surface area contributed by atoms with E-state index in [0.717, 1.165) is 5.56 Å². The Morgan fingerprint density at radius 3 is 2.24 bits per heavy atom. The molecule has 0 saturated heterocycles. The molecule has 0 spiro atoms. The van der Waals surface area contributed by atoms with Crippen LogP contribution in [0.2, 0.25) is 0 Å². The predicted octanol–water partition coefficient (Wildman–Crippen LogP) is 3.97. The van der Waals surface area contributed by atoms with Crippen LogP contribution in [0.4, 0.5) is 5.69 Å². The van der Waals surface area contributed by atoms with Crippen molar-refractivity contribution < 1.29 is 22.7 Å². The fourth-order valence-electron chi connectivity index (χ4n) is 2.97. The molecular formula is C24H25N3O5S. The molecule has 33 heavy (non-hydrogen) atoms. The Balaban J connectivity index is 1.74. The average molecular weight is 468 g/mol. The van der Waals surface area contributed by atoms with Crippen LogP contribution in [0.15, 0.2) is 76.7 Å². The van der Waals surface area contributed by atoms with Crippen molar-refractivity contribution in [1.29, 1.82) is 0 Å². The number of carbonyl (C=O) groups excluding carboxylic acids is 1. The van der Waals surface area contributed by atoms with Gasteiger partial charge in [-0.2, -0.15) is 18.4 Å². The number of ether oxygens (including phenoxy) is 2. The summed E-state index contributed by atoms with van der Waals surface area (Å²) in [5.74, 6) is 0.640. The molecule has 8 nitrogen and oxygen atoms in total.